The molecular weight excluding hydrogens is 230 g/mol. The Morgan fingerprint density at radius 2 is 0.882 bits per heavy atom. The van der Waals surface area contributed by atoms with Crippen molar-refractivity contribution in [2.24, 2.45) is 0 Å². The van der Waals surface area contributed by atoms with Crippen molar-refractivity contribution < 1.29 is 51.4 Å². The van der Waals surface area contributed by atoms with E-state index in [4.69, 9.17) is 0 Å². The Kier molecular flexibility index (Phi) is 15.7. The fourth-order valence-electron chi connectivity index (χ4n) is 3.63. The third-order valence-electron chi connectivity index (χ3n) is 4.20. The van der Waals surface area contributed by atoms with E-state index in [1.807, 2.05) is 0 Å². The van der Waals surface area contributed by atoms with Gasteiger partial charge in [0.05, 0.1) is 0 Å². The van der Waals surface area contributed by atoms with Gasteiger partial charge in [-0.1, -0.05) is 80.1 Å². The minimum absolute atomic E-state index is 0. The molecule has 0 saturated carbocycles. The molecule has 0 aliphatic rings. The molecule has 17 heavy (non-hydrogen) atoms. The molecule has 3 unspecified atom stereocenters. The van der Waals surface area contributed by atoms with Gasteiger partial charge in [0.2, 0.25) is 0 Å². The van der Waals surface area contributed by atoms with Crippen LogP contribution in [0.25, 0.3) is 0 Å². The smallest absolute Gasteiger partial charge is 0.199 e. The summed E-state index contributed by atoms with van der Waals surface area (Å²) < 4.78 is 0. The Bertz CT molecular complexity index is 132. The Balaban J connectivity index is 0. The topological polar surface area (TPSA) is 0 Å². The van der Waals surface area contributed by atoms with E-state index in [-0.39, 0.29) is 51.4 Å². The monoisotopic (exact) mass is 263 g/mol. The quantitative estimate of drug-likeness (QED) is 0.561. The summed E-state index contributed by atoms with van der Waals surface area (Å²) in [6, 6.07) is 0. The first-order valence-corrected chi connectivity index (χ1v) is 7.58. The summed E-state index contributed by atoms with van der Waals surface area (Å²) >= 11 is 0. The first kappa shape index (κ1) is 21.0. The van der Waals surface area contributed by atoms with Gasteiger partial charge < -0.3 is 0 Å². The molecule has 0 N–H and O–H groups in total. The third kappa shape index (κ3) is 8.47. The van der Waals surface area contributed by atoms with E-state index in [2.05, 4.69) is 41.5 Å². The van der Waals surface area contributed by atoms with Gasteiger partial charge >= 0.3 is 51.4 Å². The molecule has 0 aliphatic carbocycles. The van der Waals surface area contributed by atoms with Crippen LogP contribution in [0.15, 0.2) is 0 Å². The Morgan fingerprint density at radius 3 is 1.06 bits per heavy atom. The average Bonchev–Trinajstić information content (AvgIpc) is 2.19. The van der Waals surface area contributed by atoms with Crippen molar-refractivity contribution in [2.75, 3.05) is 0 Å². The van der Waals surface area contributed by atoms with E-state index in [9.17, 15) is 0 Å². The van der Waals surface area contributed by atoms with Gasteiger partial charge in [0, 0.05) is 0 Å². The molecule has 0 nitrogen and oxygen atoms in total. The van der Waals surface area contributed by atoms with Gasteiger partial charge in [0.15, 0.2) is 0 Å². The summed E-state index contributed by atoms with van der Waals surface area (Å²) in [4.78, 5) is 0. The van der Waals surface area contributed by atoms with Crippen LogP contribution >= 0.6 is 0 Å². The zero-order valence-electron chi connectivity index (χ0n) is 13.6. The maximum atomic E-state index is 2.48. The Morgan fingerprint density at radius 1 is 0.647 bits per heavy atom. The van der Waals surface area contributed by atoms with Crippen LogP contribution in [0.4, 0.5) is 0 Å². The maximum Gasteiger partial charge on any atom is 1.00 e. The summed E-state index contributed by atoms with van der Waals surface area (Å²) in [5.74, 6) is 2.73. The van der Waals surface area contributed by atoms with Crippen molar-refractivity contribution >= 4 is 6.71 Å². The summed E-state index contributed by atoms with van der Waals surface area (Å²) in [5, 5.41) is 0. The van der Waals surface area contributed by atoms with E-state index in [1.165, 1.54) is 38.5 Å². The maximum absolute atomic E-state index is 2.48. The molecule has 1 radical (unpaired) electrons. The van der Waals surface area contributed by atoms with Crippen LogP contribution in [0.1, 0.15) is 80.1 Å². The molecule has 0 aliphatic heterocycles. The van der Waals surface area contributed by atoms with E-state index in [0.717, 1.165) is 24.2 Å². The first-order chi connectivity index (χ1) is 7.58. The second kappa shape index (κ2) is 12.7. The molecule has 0 fully saturated rings. The second-order valence-electron chi connectivity index (χ2n) is 5.88. The van der Waals surface area contributed by atoms with Crippen LogP contribution in [0, 0.1) is 0 Å². The second-order valence-corrected chi connectivity index (χ2v) is 5.88. The summed E-state index contributed by atoms with van der Waals surface area (Å²) in [7, 11) is 0. The van der Waals surface area contributed by atoms with Crippen LogP contribution in [0.5, 0.6) is 0 Å². The van der Waals surface area contributed by atoms with Crippen LogP contribution in [0.2, 0.25) is 17.5 Å². The predicted molar refractivity (Wildman–Crippen MR) is 78.8 cm³/mol. The molecule has 0 aromatic rings. The summed E-state index contributed by atoms with van der Waals surface area (Å²) in [5.41, 5.74) is 0. The van der Waals surface area contributed by atoms with E-state index in [0.29, 0.717) is 0 Å². The summed E-state index contributed by atoms with van der Waals surface area (Å²) in [6.07, 6.45) is 8.26. The Hall–Kier alpha value is 1.70. The molecule has 3 atom stereocenters. The van der Waals surface area contributed by atoms with Crippen molar-refractivity contribution in [1.82, 2.24) is 0 Å². The fraction of sp³-hybridized carbons (Fsp3) is 1.00. The molecule has 0 saturated heterocycles. The van der Waals surface area contributed by atoms with E-state index < -0.39 is 0 Å². The van der Waals surface area contributed by atoms with Crippen LogP contribution in [0.3, 0.4) is 0 Å². The van der Waals surface area contributed by atoms with Gasteiger partial charge in [-0.05, 0) is 0 Å². The molecule has 0 spiro atoms. The number of hydrogen-bond donors (Lipinski definition) is 0. The first-order valence-electron chi connectivity index (χ1n) is 7.58. The van der Waals surface area contributed by atoms with Crippen molar-refractivity contribution in [3.63, 3.8) is 0 Å². The molecule has 97 valence electrons. The number of rotatable bonds is 9. The molecule has 0 heterocycles. The van der Waals surface area contributed by atoms with Crippen LogP contribution < -0.4 is 51.4 Å². The van der Waals surface area contributed by atoms with Gasteiger partial charge in [-0.15, -0.1) is 6.71 Å². The third-order valence-corrected chi connectivity index (χ3v) is 4.20. The molecule has 0 amide bonds. The van der Waals surface area contributed by atoms with Gasteiger partial charge in [0.1, 0.15) is 0 Å². The predicted octanol–water partition coefficient (Wildman–Crippen LogP) is 3.06. The standard InChI is InChI=1S/C15H33B.K/c1-7-10-13(4)16(14(5)11-8-2)15(6)12-9-3;/h13-15H,7-12H2,1-6H3;/q-1;+1. The van der Waals surface area contributed by atoms with Gasteiger partial charge in [-0.3, -0.25) is 0 Å². The van der Waals surface area contributed by atoms with Crippen molar-refractivity contribution in [3.8, 4) is 0 Å². The zero-order chi connectivity index (χ0) is 12.6. The molecule has 0 bridgehead atoms. The zero-order valence-corrected chi connectivity index (χ0v) is 16.7. The minimum atomic E-state index is 0. The van der Waals surface area contributed by atoms with Gasteiger partial charge in [-0.2, -0.15) is 17.5 Å². The number of hydrogen-bond acceptors (Lipinski definition) is 0. The normalized spacial score (nSPS) is 16.4. The van der Waals surface area contributed by atoms with Crippen molar-refractivity contribution in [2.45, 2.75) is 97.5 Å². The SMILES string of the molecule is CCCC(C)[B-](C(C)CCC)C(C)CCC.[K+]. The molecule has 0 aromatic heterocycles. The molecule has 2 heteroatoms. The minimum Gasteiger partial charge on any atom is -0.199 e. The van der Waals surface area contributed by atoms with Crippen molar-refractivity contribution in [3.05, 3.63) is 0 Å². The van der Waals surface area contributed by atoms with Crippen LogP contribution in [-0.4, -0.2) is 6.71 Å². The van der Waals surface area contributed by atoms with Gasteiger partial charge in [-0.25, -0.2) is 0 Å². The van der Waals surface area contributed by atoms with E-state index >= 15 is 0 Å². The van der Waals surface area contributed by atoms with Crippen molar-refractivity contribution in [1.29, 1.82) is 0 Å². The Labute approximate surface area is 154 Å². The molecular formula is C15H33BK. The fourth-order valence-corrected chi connectivity index (χ4v) is 3.63. The van der Waals surface area contributed by atoms with Crippen LogP contribution in [-0.2, 0) is 0 Å². The van der Waals surface area contributed by atoms with E-state index in [1.54, 1.807) is 0 Å². The largest absolute Gasteiger partial charge is 1.00 e. The molecule has 0 aromatic carbocycles. The summed E-state index contributed by atoms with van der Waals surface area (Å²) in [6.45, 7) is 15.3. The molecule has 0 rings (SSSR count). The average molecular weight is 263 g/mol. The van der Waals surface area contributed by atoms with Gasteiger partial charge in [0.25, 0.3) is 0 Å².